The number of nitrogens with zero attached hydrogens (tertiary/aromatic N) is 1. The number of aromatic amines is 1. The number of nitrogens with one attached hydrogen (secondary N) is 1. The average Bonchev–Trinajstić information content (AvgIpc) is 2.80. The zero-order valence-electron chi connectivity index (χ0n) is 10.2. The second-order valence-electron chi connectivity index (χ2n) is 4.51. The Morgan fingerprint density at radius 3 is 2.63 bits per heavy atom. The van der Waals surface area contributed by atoms with Crippen LogP contribution in [0.3, 0.4) is 0 Å². The van der Waals surface area contributed by atoms with E-state index in [1.54, 1.807) is 30.3 Å². The lowest BCUT2D eigenvalue weighted by atomic mass is 10.1. The Morgan fingerprint density at radius 2 is 1.84 bits per heavy atom. The van der Waals surface area contributed by atoms with Crippen molar-refractivity contribution in [1.29, 1.82) is 0 Å². The van der Waals surface area contributed by atoms with Crippen LogP contribution < -0.4 is 0 Å². The maximum atomic E-state index is 12.8. The average molecular weight is 256 g/mol. The van der Waals surface area contributed by atoms with Gasteiger partial charge in [0.25, 0.3) is 0 Å². The second-order valence-corrected chi connectivity index (χ2v) is 4.51. The number of fused-ring (bicyclic) bond motifs is 1. The number of phenols is 1. The van der Waals surface area contributed by atoms with Crippen LogP contribution in [0.15, 0.2) is 42.5 Å². The van der Waals surface area contributed by atoms with Crippen LogP contribution in [0.25, 0.3) is 11.0 Å². The quantitative estimate of drug-likeness (QED) is 0.756. The van der Waals surface area contributed by atoms with Crippen LogP contribution in [0.1, 0.15) is 11.4 Å². The van der Waals surface area contributed by atoms with Crippen LogP contribution in [-0.2, 0) is 12.8 Å². The van der Waals surface area contributed by atoms with E-state index >= 15 is 0 Å². The Balaban J connectivity index is 1.76. The van der Waals surface area contributed by atoms with E-state index in [9.17, 15) is 9.50 Å². The summed E-state index contributed by atoms with van der Waals surface area (Å²) in [7, 11) is 0. The smallest absolute Gasteiger partial charge is 0.123 e. The standard InChI is InChI=1S/C15H13FN2O/c16-11-4-1-10(2-5-11)3-8-15-17-13-7-6-12(19)9-14(13)18-15/h1-2,4-7,9,19H,3,8H2,(H,17,18). The van der Waals surface area contributed by atoms with E-state index in [1.807, 2.05) is 0 Å². The molecule has 0 aliphatic rings. The number of hydrogen-bond donors (Lipinski definition) is 2. The van der Waals surface area contributed by atoms with Gasteiger partial charge in [-0.3, -0.25) is 0 Å². The predicted octanol–water partition coefficient (Wildman–Crippen LogP) is 3.19. The molecule has 0 amide bonds. The van der Waals surface area contributed by atoms with Crippen molar-refractivity contribution < 1.29 is 9.50 Å². The lowest BCUT2D eigenvalue weighted by molar-refractivity contribution is 0.476. The number of rotatable bonds is 3. The Kier molecular flexibility index (Phi) is 2.91. The van der Waals surface area contributed by atoms with Crippen LogP contribution in [-0.4, -0.2) is 15.1 Å². The maximum absolute atomic E-state index is 12.8. The second kappa shape index (κ2) is 4.72. The minimum atomic E-state index is -0.219. The number of aryl methyl sites for hydroxylation is 2. The monoisotopic (exact) mass is 256 g/mol. The SMILES string of the molecule is Oc1ccc2nc(CCc3ccc(F)cc3)[nH]c2c1. The number of imidazole rings is 1. The van der Waals surface area contributed by atoms with Gasteiger partial charge in [-0.2, -0.15) is 0 Å². The van der Waals surface area contributed by atoms with E-state index in [0.29, 0.717) is 0 Å². The fraction of sp³-hybridized carbons (Fsp3) is 0.133. The zero-order chi connectivity index (χ0) is 13.2. The van der Waals surface area contributed by atoms with E-state index in [4.69, 9.17) is 0 Å². The Morgan fingerprint density at radius 1 is 1.05 bits per heavy atom. The molecule has 3 aromatic rings. The van der Waals surface area contributed by atoms with Gasteiger partial charge >= 0.3 is 0 Å². The van der Waals surface area contributed by atoms with Gasteiger partial charge < -0.3 is 10.1 Å². The molecule has 0 atom stereocenters. The van der Waals surface area contributed by atoms with E-state index in [0.717, 1.165) is 35.3 Å². The molecule has 2 aromatic carbocycles. The third-order valence-electron chi connectivity index (χ3n) is 3.08. The van der Waals surface area contributed by atoms with Gasteiger partial charge in [0.2, 0.25) is 0 Å². The topological polar surface area (TPSA) is 48.9 Å². The Bertz CT molecular complexity index is 704. The summed E-state index contributed by atoms with van der Waals surface area (Å²) in [6.45, 7) is 0. The van der Waals surface area contributed by atoms with Crippen LogP contribution >= 0.6 is 0 Å². The van der Waals surface area contributed by atoms with Crippen molar-refractivity contribution in [2.75, 3.05) is 0 Å². The number of benzene rings is 2. The number of H-pyrrole nitrogens is 1. The maximum Gasteiger partial charge on any atom is 0.123 e. The van der Waals surface area contributed by atoms with Gasteiger partial charge in [-0.1, -0.05) is 12.1 Å². The van der Waals surface area contributed by atoms with Gasteiger partial charge in [0, 0.05) is 12.5 Å². The highest BCUT2D eigenvalue weighted by molar-refractivity contribution is 5.76. The minimum Gasteiger partial charge on any atom is -0.508 e. The molecule has 0 aliphatic heterocycles. The molecule has 0 bridgehead atoms. The summed E-state index contributed by atoms with van der Waals surface area (Å²) < 4.78 is 12.8. The number of hydrogen-bond acceptors (Lipinski definition) is 2. The van der Waals surface area contributed by atoms with Crippen molar-refractivity contribution >= 4 is 11.0 Å². The molecule has 0 unspecified atom stereocenters. The molecular weight excluding hydrogens is 243 g/mol. The molecule has 3 nitrogen and oxygen atoms in total. The molecular formula is C15H13FN2O. The molecule has 4 heteroatoms. The van der Waals surface area contributed by atoms with E-state index in [-0.39, 0.29) is 11.6 Å². The Hall–Kier alpha value is -2.36. The predicted molar refractivity (Wildman–Crippen MR) is 71.6 cm³/mol. The molecule has 0 saturated carbocycles. The minimum absolute atomic E-state index is 0.219. The van der Waals surface area contributed by atoms with E-state index in [2.05, 4.69) is 9.97 Å². The molecule has 3 rings (SSSR count). The molecule has 0 radical (unpaired) electrons. The van der Waals surface area contributed by atoms with Gasteiger partial charge in [-0.15, -0.1) is 0 Å². The molecule has 19 heavy (non-hydrogen) atoms. The van der Waals surface area contributed by atoms with Crippen LogP contribution in [0.2, 0.25) is 0 Å². The largest absolute Gasteiger partial charge is 0.508 e. The number of phenolic OH excluding ortho intramolecular Hbond substituents is 1. The van der Waals surface area contributed by atoms with E-state index in [1.165, 1.54) is 12.1 Å². The van der Waals surface area contributed by atoms with Crippen molar-refractivity contribution in [1.82, 2.24) is 9.97 Å². The summed E-state index contributed by atoms with van der Waals surface area (Å²) in [5, 5.41) is 9.39. The lowest BCUT2D eigenvalue weighted by Crippen LogP contribution is -1.93. The van der Waals surface area contributed by atoms with E-state index < -0.39 is 0 Å². The van der Waals surface area contributed by atoms with Crippen LogP contribution in [0.5, 0.6) is 5.75 Å². The molecule has 0 fully saturated rings. The summed E-state index contributed by atoms with van der Waals surface area (Å²) in [6, 6.07) is 11.5. The summed E-state index contributed by atoms with van der Waals surface area (Å²) in [4.78, 5) is 7.62. The van der Waals surface area contributed by atoms with Gasteiger partial charge in [-0.25, -0.2) is 9.37 Å². The summed E-state index contributed by atoms with van der Waals surface area (Å²) in [5.41, 5.74) is 2.74. The first kappa shape index (κ1) is 11.7. The van der Waals surface area contributed by atoms with Gasteiger partial charge in [0.05, 0.1) is 11.0 Å². The molecule has 0 spiro atoms. The lowest BCUT2D eigenvalue weighted by Gasteiger charge is -1.98. The Labute approximate surface area is 109 Å². The van der Waals surface area contributed by atoms with Crippen molar-refractivity contribution in [3.8, 4) is 5.75 Å². The third kappa shape index (κ3) is 2.57. The summed E-state index contributed by atoms with van der Waals surface area (Å²) in [5.74, 6) is 0.870. The highest BCUT2D eigenvalue weighted by atomic mass is 19.1. The number of aromatic nitrogens is 2. The first-order valence-corrected chi connectivity index (χ1v) is 6.13. The number of halogens is 1. The van der Waals surface area contributed by atoms with Gasteiger partial charge in [0.1, 0.15) is 17.4 Å². The molecule has 2 N–H and O–H groups in total. The van der Waals surface area contributed by atoms with Crippen LogP contribution in [0.4, 0.5) is 4.39 Å². The normalized spacial score (nSPS) is 11.0. The highest BCUT2D eigenvalue weighted by Gasteiger charge is 2.04. The molecule has 1 aromatic heterocycles. The third-order valence-corrected chi connectivity index (χ3v) is 3.08. The molecule has 1 heterocycles. The van der Waals surface area contributed by atoms with Crippen LogP contribution in [0, 0.1) is 5.82 Å². The van der Waals surface area contributed by atoms with Crippen molar-refractivity contribution in [3.05, 3.63) is 59.7 Å². The first-order chi connectivity index (χ1) is 9.20. The van der Waals surface area contributed by atoms with Crippen molar-refractivity contribution in [3.63, 3.8) is 0 Å². The number of aromatic hydroxyl groups is 1. The van der Waals surface area contributed by atoms with Crippen molar-refractivity contribution in [2.24, 2.45) is 0 Å². The molecule has 0 saturated heterocycles. The van der Waals surface area contributed by atoms with Crippen molar-refractivity contribution in [2.45, 2.75) is 12.8 Å². The molecule has 0 aliphatic carbocycles. The van der Waals surface area contributed by atoms with Gasteiger partial charge in [-0.05, 0) is 36.2 Å². The summed E-state index contributed by atoms with van der Waals surface area (Å²) >= 11 is 0. The summed E-state index contributed by atoms with van der Waals surface area (Å²) in [6.07, 6.45) is 1.55. The molecule has 96 valence electrons. The highest BCUT2D eigenvalue weighted by Crippen LogP contribution is 2.18. The fourth-order valence-electron chi connectivity index (χ4n) is 2.08. The first-order valence-electron chi connectivity index (χ1n) is 6.13. The van der Waals surface area contributed by atoms with Gasteiger partial charge in [0.15, 0.2) is 0 Å². The fourth-order valence-corrected chi connectivity index (χ4v) is 2.08. The zero-order valence-corrected chi connectivity index (χ0v) is 10.2.